The van der Waals surface area contributed by atoms with Crippen molar-refractivity contribution < 1.29 is 14.1 Å². The molecular formula is C14H18FN3O3. The number of halogens is 1. The van der Waals surface area contributed by atoms with Gasteiger partial charge in [0.25, 0.3) is 11.6 Å². The molecule has 0 N–H and O–H groups in total. The number of benzene rings is 1. The Bertz CT molecular complexity index is 542. The molecule has 0 saturated carbocycles. The van der Waals surface area contributed by atoms with Crippen molar-refractivity contribution in [2.45, 2.75) is 13.3 Å². The Kier molecular flexibility index (Phi) is 4.85. The van der Waals surface area contributed by atoms with Gasteiger partial charge in [0, 0.05) is 38.3 Å². The molecule has 7 heteroatoms. The SMILES string of the molecule is CCCN1CCN(C(=O)c2cc([N+](=O)[O-])ccc2F)CC1. The molecule has 2 rings (SSSR count). The third-order valence-electron chi connectivity index (χ3n) is 3.59. The first-order chi connectivity index (χ1) is 10.0. The highest BCUT2D eigenvalue weighted by Crippen LogP contribution is 2.19. The zero-order valence-electron chi connectivity index (χ0n) is 11.9. The summed E-state index contributed by atoms with van der Waals surface area (Å²) in [6.45, 7) is 5.59. The number of amides is 1. The van der Waals surface area contributed by atoms with Gasteiger partial charge in [-0.3, -0.25) is 19.8 Å². The van der Waals surface area contributed by atoms with Crippen LogP contribution in [0.15, 0.2) is 18.2 Å². The van der Waals surface area contributed by atoms with Crippen molar-refractivity contribution >= 4 is 11.6 Å². The Hall–Kier alpha value is -2.02. The van der Waals surface area contributed by atoms with Crippen LogP contribution in [-0.2, 0) is 0 Å². The predicted octanol–water partition coefficient (Wildman–Crippen LogP) is 1.90. The molecule has 1 saturated heterocycles. The number of nitrogens with zero attached hydrogens (tertiary/aromatic N) is 3. The Morgan fingerprint density at radius 1 is 1.33 bits per heavy atom. The van der Waals surface area contributed by atoms with Gasteiger partial charge in [0.1, 0.15) is 5.82 Å². The van der Waals surface area contributed by atoms with Crippen molar-refractivity contribution in [2.24, 2.45) is 0 Å². The van der Waals surface area contributed by atoms with Gasteiger partial charge in [0.2, 0.25) is 0 Å². The van der Waals surface area contributed by atoms with E-state index in [0.29, 0.717) is 13.1 Å². The Balaban J connectivity index is 2.10. The van der Waals surface area contributed by atoms with Gasteiger partial charge in [-0.25, -0.2) is 4.39 Å². The number of nitro benzene ring substituents is 1. The molecular weight excluding hydrogens is 277 g/mol. The quantitative estimate of drug-likeness (QED) is 0.628. The molecule has 1 amide bonds. The first-order valence-corrected chi connectivity index (χ1v) is 6.98. The minimum Gasteiger partial charge on any atom is -0.336 e. The van der Waals surface area contributed by atoms with Gasteiger partial charge >= 0.3 is 0 Å². The lowest BCUT2D eigenvalue weighted by atomic mass is 10.1. The summed E-state index contributed by atoms with van der Waals surface area (Å²) in [5, 5.41) is 10.7. The van der Waals surface area contributed by atoms with E-state index in [9.17, 15) is 19.3 Å². The third kappa shape index (κ3) is 3.55. The van der Waals surface area contributed by atoms with Crippen LogP contribution in [0.25, 0.3) is 0 Å². The molecule has 1 aliphatic heterocycles. The molecule has 0 atom stereocenters. The molecule has 1 fully saturated rings. The van der Waals surface area contributed by atoms with Gasteiger partial charge < -0.3 is 4.90 Å². The smallest absolute Gasteiger partial charge is 0.270 e. The lowest BCUT2D eigenvalue weighted by molar-refractivity contribution is -0.384. The van der Waals surface area contributed by atoms with E-state index in [1.165, 1.54) is 0 Å². The molecule has 0 aromatic heterocycles. The van der Waals surface area contributed by atoms with Crippen molar-refractivity contribution in [1.29, 1.82) is 0 Å². The fraction of sp³-hybridized carbons (Fsp3) is 0.500. The maximum atomic E-state index is 13.8. The van der Waals surface area contributed by atoms with Crippen LogP contribution in [0.1, 0.15) is 23.7 Å². The standard InChI is InChI=1S/C14H18FN3O3/c1-2-5-16-6-8-17(9-7-16)14(19)12-10-11(18(20)21)3-4-13(12)15/h3-4,10H,2,5-9H2,1H3. The van der Waals surface area contributed by atoms with Gasteiger partial charge in [-0.15, -0.1) is 0 Å². The Labute approximate surface area is 122 Å². The van der Waals surface area contributed by atoms with Crippen LogP contribution in [0.3, 0.4) is 0 Å². The zero-order chi connectivity index (χ0) is 15.4. The van der Waals surface area contributed by atoms with Crippen LogP contribution in [0.5, 0.6) is 0 Å². The topological polar surface area (TPSA) is 66.7 Å². The normalized spacial score (nSPS) is 16.0. The van der Waals surface area contributed by atoms with Gasteiger partial charge in [0.15, 0.2) is 0 Å². The zero-order valence-corrected chi connectivity index (χ0v) is 11.9. The molecule has 21 heavy (non-hydrogen) atoms. The van der Waals surface area contributed by atoms with E-state index >= 15 is 0 Å². The van der Waals surface area contributed by atoms with Crippen molar-refractivity contribution in [3.05, 3.63) is 39.7 Å². The monoisotopic (exact) mass is 295 g/mol. The van der Waals surface area contributed by atoms with Crippen molar-refractivity contribution in [2.75, 3.05) is 32.7 Å². The molecule has 0 radical (unpaired) electrons. The first-order valence-electron chi connectivity index (χ1n) is 6.98. The van der Waals surface area contributed by atoms with Crippen LogP contribution < -0.4 is 0 Å². The second-order valence-electron chi connectivity index (χ2n) is 5.06. The summed E-state index contributed by atoms with van der Waals surface area (Å²) >= 11 is 0. The number of carbonyl (C=O) groups excluding carboxylic acids is 1. The van der Waals surface area contributed by atoms with E-state index < -0.39 is 16.6 Å². The summed E-state index contributed by atoms with van der Waals surface area (Å²) in [5.74, 6) is -1.20. The number of non-ortho nitro benzene ring substituents is 1. The maximum absolute atomic E-state index is 13.8. The van der Waals surface area contributed by atoms with Gasteiger partial charge in [-0.1, -0.05) is 6.92 Å². The molecule has 1 aromatic rings. The average molecular weight is 295 g/mol. The Morgan fingerprint density at radius 3 is 2.57 bits per heavy atom. The van der Waals surface area contributed by atoms with Crippen molar-refractivity contribution in [3.8, 4) is 0 Å². The van der Waals surface area contributed by atoms with Crippen LogP contribution in [0, 0.1) is 15.9 Å². The van der Waals surface area contributed by atoms with E-state index in [1.54, 1.807) is 4.90 Å². The fourth-order valence-electron chi connectivity index (χ4n) is 2.45. The molecule has 0 spiro atoms. The van der Waals surface area contributed by atoms with E-state index in [2.05, 4.69) is 11.8 Å². The van der Waals surface area contributed by atoms with Crippen LogP contribution in [0.4, 0.5) is 10.1 Å². The van der Waals surface area contributed by atoms with Crippen molar-refractivity contribution in [3.63, 3.8) is 0 Å². The largest absolute Gasteiger partial charge is 0.336 e. The van der Waals surface area contributed by atoms with Gasteiger partial charge in [-0.2, -0.15) is 0 Å². The summed E-state index contributed by atoms with van der Waals surface area (Å²) in [6, 6.07) is 3.04. The minimum atomic E-state index is -0.721. The van der Waals surface area contributed by atoms with Crippen LogP contribution in [0.2, 0.25) is 0 Å². The summed E-state index contributed by atoms with van der Waals surface area (Å²) in [6.07, 6.45) is 1.05. The van der Waals surface area contributed by atoms with E-state index in [0.717, 1.165) is 44.3 Å². The first kappa shape index (κ1) is 15.4. The average Bonchev–Trinajstić information content (AvgIpc) is 2.48. The Morgan fingerprint density at radius 2 is 2.00 bits per heavy atom. The van der Waals surface area contributed by atoms with Gasteiger partial charge in [-0.05, 0) is 19.0 Å². The number of carbonyl (C=O) groups is 1. The molecule has 0 bridgehead atoms. The second-order valence-corrected chi connectivity index (χ2v) is 5.06. The third-order valence-corrected chi connectivity index (χ3v) is 3.59. The molecule has 0 unspecified atom stereocenters. The van der Waals surface area contributed by atoms with E-state index in [4.69, 9.17) is 0 Å². The minimum absolute atomic E-state index is 0.229. The number of hydrogen-bond donors (Lipinski definition) is 0. The lowest BCUT2D eigenvalue weighted by Gasteiger charge is -2.34. The predicted molar refractivity (Wildman–Crippen MR) is 75.7 cm³/mol. The van der Waals surface area contributed by atoms with E-state index in [1.807, 2.05) is 0 Å². The maximum Gasteiger partial charge on any atom is 0.270 e. The molecule has 1 aromatic carbocycles. The molecule has 1 heterocycles. The number of piperazine rings is 1. The summed E-state index contributed by atoms with van der Waals surface area (Å²) < 4.78 is 13.8. The molecule has 0 aliphatic carbocycles. The molecule has 114 valence electrons. The number of hydrogen-bond acceptors (Lipinski definition) is 4. The lowest BCUT2D eigenvalue weighted by Crippen LogP contribution is -2.48. The fourth-order valence-corrected chi connectivity index (χ4v) is 2.45. The highest BCUT2D eigenvalue weighted by atomic mass is 19.1. The molecule has 6 nitrogen and oxygen atoms in total. The van der Waals surface area contributed by atoms with E-state index in [-0.39, 0.29) is 11.3 Å². The second kappa shape index (κ2) is 6.62. The van der Waals surface area contributed by atoms with Crippen molar-refractivity contribution in [1.82, 2.24) is 9.80 Å². The highest BCUT2D eigenvalue weighted by Gasteiger charge is 2.25. The number of rotatable bonds is 4. The molecule has 1 aliphatic rings. The summed E-state index contributed by atoms with van der Waals surface area (Å²) in [5.41, 5.74) is -0.502. The van der Waals surface area contributed by atoms with Crippen LogP contribution >= 0.6 is 0 Å². The van der Waals surface area contributed by atoms with Gasteiger partial charge in [0.05, 0.1) is 10.5 Å². The summed E-state index contributed by atoms with van der Waals surface area (Å²) in [7, 11) is 0. The highest BCUT2D eigenvalue weighted by molar-refractivity contribution is 5.95. The number of nitro groups is 1. The van der Waals surface area contributed by atoms with Crippen LogP contribution in [-0.4, -0.2) is 53.4 Å². The summed E-state index contributed by atoms with van der Waals surface area (Å²) in [4.78, 5) is 26.2.